The molecule has 0 spiro atoms. The maximum atomic E-state index is 2.37. The van der Waals surface area contributed by atoms with Gasteiger partial charge in [-0.3, -0.25) is 0 Å². The van der Waals surface area contributed by atoms with Crippen molar-refractivity contribution in [3.63, 3.8) is 0 Å². The molecule has 0 heterocycles. The van der Waals surface area contributed by atoms with Gasteiger partial charge in [-0.15, -0.1) is 0 Å². The molecule has 0 N–H and O–H groups in total. The maximum Gasteiger partial charge on any atom is -0.0417 e. The van der Waals surface area contributed by atoms with Crippen LogP contribution in [0.5, 0.6) is 0 Å². The largest absolute Gasteiger partial charge is 0.0628 e. The van der Waals surface area contributed by atoms with Crippen molar-refractivity contribution in [3.05, 3.63) is 6.42 Å². The van der Waals surface area contributed by atoms with Gasteiger partial charge < -0.3 is 0 Å². The molecule has 0 fully saturated rings. The van der Waals surface area contributed by atoms with Crippen LogP contribution < -0.4 is 0 Å². The molecule has 11 heavy (non-hydrogen) atoms. The predicted molar refractivity (Wildman–Crippen MR) is 52.4 cm³/mol. The number of unbranched alkanes of at least 4 members (excludes halogenated alkanes) is 2. The fourth-order valence-electron chi connectivity index (χ4n) is 1.59. The van der Waals surface area contributed by atoms with Crippen LogP contribution in [0.2, 0.25) is 0 Å². The van der Waals surface area contributed by atoms with E-state index in [2.05, 4.69) is 34.1 Å². The standard InChI is InChI=1S/C11H23/c1-5-6-7-8-11(4)9-10(2)3/h5,10-11H,6-9H2,1-4H3. The lowest BCUT2D eigenvalue weighted by Gasteiger charge is -2.12. The third-order valence-corrected chi connectivity index (χ3v) is 2.06. The molecule has 0 aliphatic carbocycles. The molecule has 67 valence electrons. The van der Waals surface area contributed by atoms with E-state index >= 15 is 0 Å². The van der Waals surface area contributed by atoms with Crippen LogP contribution in [0, 0.1) is 18.3 Å². The SMILES string of the molecule is C[CH]CCCC(C)CC(C)C. The van der Waals surface area contributed by atoms with Gasteiger partial charge in [0.2, 0.25) is 0 Å². The van der Waals surface area contributed by atoms with Crippen LogP contribution in [-0.4, -0.2) is 0 Å². The molecule has 0 aromatic heterocycles. The Labute approximate surface area is 72.4 Å². The Morgan fingerprint density at radius 1 is 1.18 bits per heavy atom. The van der Waals surface area contributed by atoms with Crippen LogP contribution in [0.3, 0.4) is 0 Å². The van der Waals surface area contributed by atoms with E-state index in [0.29, 0.717) is 0 Å². The summed E-state index contributed by atoms with van der Waals surface area (Å²) in [6.07, 6.45) is 7.74. The lowest BCUT2D eigenvalue weighted by atomic mass is 9.94. The minimum atomic E-state index is 0.871. The molecule has 0 saturated heterocycles. The third-order valence-electron chi connectivity index (χ3n) is 2.06. The second kappa shape index (κ2) is 6.69. The highest BCUT2D eigenvalue weighted by molar-refractivity contribution is 4.60. The zero-order chi connectivity index (χ0) is 8.69. The number of hydrogen-bond acceptors (Lipinski definition) is 0. The molecule has 1 unspecified atom stereocenters. The van der Waals surface area contributed by atoms with E-state index in [4.69, 9.17) is 0 Å². The van der Waals surface area contributed by atoms with Gasteiger partial charge in [0.15, 0.2) is 0 Å². The zero-order valence-corrected chi connectivity index (χ0v) is 8.56. The second-order valence-corrected chi connectivity index (χ2v) is 4.07. The molecule has 0 nitrogen and oxygen atoms in total. The number of rotatable bonds is 6. The Balaban J connectivity index is 3.15. The molecule has 0 aromatic carbocycles. The fourth-order valence-corrected chi connectivity index (χ4v) is 1.59. The van der Waals surface area contributed by atoms with Crippen LogP contribution in [0.25, 0.3) is 0 Å². The van der Waals surface area contributed by atoms with E-state index in [0.717, 1.165) is 11.8 Å². The molecular weight excluding hydrogens is 132 g/mol. The predicted octanol–water partition coefficient (Wildman–Crippen LogP) is 4.06. The first-order valence-corrected chi connectivity index (χ1v) is 4.94. The van der Waals surface area contributed by atoms with E-state index in [1.807, 2.05) is 0 Å². The van der Waals surface area contributed by atoms with E-state index in [9.17, 15) is 0 Å². The zero-order valence-electron chi connectivity index (χ0n) is 8.56. The van der Waals surface area contributed by atoms with Crippen molar-refractivity contribution < 1.29 is 0 Å². The van der Waals surface area contributed by atoms with Gasteiger partial charge >= 0.3 is 0 Å². The third kappa shape index (κ3) is 7.90. The first-order chi connectivity index (χ1) is 5.16. The summed E-state index contributed by atoms with van der Waals surface area (Å²) in [5, 5.41) is 0. The molecule has 1 radical (unpaired) electrons. The van der Waals surface area contributed by atoms with Crippen LogP contribution in [0.1, 0.15) is 53.4 Å². The van der Waals surface area contributed by atoms with Gasteiger partial charge in [0.1, 0.15) is 0 Å². The smallest absolute Gasteiger partial charge is 0.0417 e. The van der Waals surface area contributed by atoms with Crippen LogP contribution in [-0.2, 0) is 0 Å². The van der Waals surface area contributed by atoms with Crippen LogP contribution in [0.4, 0.5) is 0 Å². The van der Waals surface area contributed by atoms with Crippen molar-refractivity contribution in [1.29, 1.82) is 0 Å². The quantitative estimate of drug-likeness (QED) is 0.507. The second-order valence-electron chi connectivity index (χ2n) is 4.07. The normalized spacial score (nSPS) is 13.9. The van der Waals surface area contributed by atoms with E-state index in [1.165, 1.54) is 25.7 Å². The summed E-state index contributed by atoms with van der Waals surface area (Å²) in [4.78, 5) is 0. The molecule has 0 aliphatic heterocycles. The first-order valence-electron chi connectivity index (χ1n) is 4.94. The maximum absolute atomic E-state index is 2.37. The Bertz CT molecular complexity index is 74.1. The van der Waals surface area contributed by atoms with Gasteiger partial charge in [-0.05, 0) is 24.7 Å². The summed E-state index contributed by atoms with van der Waals surface area (Å²) in [6, 6.07) is 0. The van der Waals surface area contributed by atoms with Gasteiger partial charge in [0.05, 0.1) is 0 Å². The van der Waals surface area contributed by atoms with E-state index < -0.39 is 0 Å². The Kier molecular flexibility index (Phi) is 6.69. The van der Waals surface area contributed by atoms with E-state index in [-0.39, 0.29) is 0 Å². The molecule has 0 saturated carbocycles. The summed E-state index contributed by atoms with van der Waals surface area (Å²) >= 11 is 0. The van der Waals surface area contributed by atoms with Gasteiger partial charge in [-0.1, -0.05) is 47.0 Å². The molecule has 0 aromatic rings. The number of hydrogen-bond donors (Lipinski definition) is 0. The van der Waals surface area contributed by atoms with Crippen molar-refractivity contribution in [1.82, 2.24) is 0 Å². The fraction of sp³-hybridized carbons (Fsp3) is 0.909. The van der Waals surface area contributed by atoms with Gasteiger partial charge in [-0.25, -0.2) is 0 Å². The highest BCUT2D eigenvalue weighted by Crippen LogP contribution is 2.17. The summed E-state index contributed by atoms with van der Waals surface area (Å²) in [5.74, 6) is 1.80. The lowest BCUT2D eigenvalue weighted by Crippen LogP contribution is -1.99. The molecule has 0 heteroatoms. The first kappa shape index (κ1) is 11.0. The minimum Gasteiger partial charge on any atom is -0.0628 e. The van der Waals surface area contributed by atoms with Gasteiger partial charge in [-0.2, -0.15) is 0 Å². The molecule has 0 bridgehead atoms. The summed E-state index contributed by atoms with van der Waals surface area (Å²) in [6.45, 7) is 9.13. The topological polar surface area (TPSA) is 0 Å². The molecule has 0 amide bonds. The molecule has 0 rings (SSSR count). The average molecular weight is 155 g/mol. The van der Waals surface area contributed by atoms with Gasteiger partial charge in [0, 0.05) is 0 Å². The highest BCUT2D eigenvalue weighted by atomic mass is 14.1. The highest BCUT2D eigenvalue weighted by Gasteiger charge is 2.03. The lowest BCUT2D eigenvalue weighted by molar-refractivity contribution is 0.405. The minimum absolute atomic E-state index is 0.871. The van der Waals surface area contributed by atoms with Crippen molar-refractivity contribution >= 4 is 0 Å². The van der Waals surface area contributed by atoms with Crippen LogP contribution >= 0.6 is 0 Å². The summed E-state index contributed by atoms with van der Waals surface area (Å²) in [5.41, 5.74) is 0. The Morgan fingerprint density at radius 3 is 2.27 bits per heavy atom. The van der Waals surface area contributed by atoms with E-state index in [1.54, 1.807) is 0 Å². The summed E-state index contributed by atoms with van der Waals surface area (Å²) < 4.78 is 0. The monoisotopic (exact) mass is 155 g/mol. The summed E-state index contributed by atoms with van der Waals surface area (Å²) in [7, 11) is 0. The average Bonchev–Trinajstić information content (AvgIpc) is 1.86. The van der Waals surface area contributed by atoms with Crippen molar-refractivity contribution in [3.8, 4) is 0 Å². The molecule has 0 aliphatic rings. The van der Waals surface area contributed by atoms with Crippen molar-refractivity contribution in [2.24, 2.45) is 11.8 Å². The Hall–Kier alpha value is 0. The molecular formula is C11H23. The van der Waals surface area contributed by atoms with Crippen molar-refractivity contribution in [2.75, 3.05) is 0 Å². The van der Waals surface area contributed by atoms with Gasteiger partial charge in [0.25, 0.3) is 0 Å². The molecule has 1 atom stereocenters. The van der Waals surface area contributed by atoms with Crippen molar-refractivity contribution in [2.45, 2.75) is 53.4 Å². The Morgan fingerprint density at radius 2 is 1.82 bits per heavy atom. The van der Waals surface area contributed by atoms with Crippen LogP contribution in [0.15, 0.2) is 0 Å².